The summed E-state index contributed by atoms with van der Waals surface area (Å²) in [7, 11) is 1.59. The van der Waals surface area contributed by atoms with Gasteiger partial charge in [-0.05, 0) is 43.2 Å². The maximum Gasteiger partial charge on any atom is 0.261 e. The van der Waals surface area contributed by atoms with E-state index in [0.717, 1.165) is 12.8 Å². The highest BCUT2D eigenvalue weighted by molar-refractivity contribution is 6.22. The van der Waals surface area contributed by atoms with Crippen LogP contribution in [0.15, 0.2) is 42.5 Å². The fourth-order valence-corrected chi connectivity index (χ4v) is 3.76. The molecule has 0 aromatic heterocycles. The molecule has 0 saturated carbocycles. The molecule has 0 N–H and O–H groups in total. The topological polar surface area (TPSA) is 76.2 Å². The molecular weight excluding hydrogens is 403 g/mol. The molecule has 2 aliphatic heterocycles. The van der Waals surface area contributed by atoms with Crippen molar-refractivity contribution in [3.05, 3.63) is 65.0 Å². The molecule has 0 radical (unpaired) electrons. The number of imide groups is 1. The second kappa shape index (κ2) is 8.85. The van der Waals surface area contributed by atoms with Gasteiger partial charge < -0.3 is 14.4 Å². The lowest BCUT2D eigenvalue weighted by Gasteiger charge is -2.18. The van der Waals surface area contributed by atoms with Gasteiger partial charge in [0.15, 0.2) is 11.6 Å². The van der Waals surface area contributed by atoms with E-state index in [1.54, 1.807) is 19.2 Å². The smallest absolute Gasteiger partial charge is 0.261 e. The summed E-state index contributed by atoms with van der Waals surface area (Å²) in [4.78, 5) is 40.8. The molecular formula is C23H23FN2O5. The molecule has 1 atom stereocenters. The van der Waals surface area contributed by atoms with Gasteiger partial charge in [0.25, 0.3) is 17.7 Å². The lowest BCUT2D eigenvalue weighted by atomic mass is 10.1. The molecule has 7 nitrogen and oxygen atoms in total. The molecule has 3 amide bonds. The van der Waals surface area contributed by atoms with Gasteiger partial charge in [-0.15, -0.1) is 0 Å². The number of carbonyl (C=O) groups is 3. The number of amides is 3. The van der Waals surface area contributed by atoms with Gasteiger partial charge in [0.05, 0.1) is 30.3 Å². The average Bonchev–Trinajstić information content (AvgIpc) is 3.37. The molecule has 0 aliphatic carbocycles. The van der Waals surface area contributed by atoms with Crippen molar-refractivity contribution in [1.82, 2.24) is 9.80 Å². The molecule has 2 aromatic rings. The van der Waals surface area contributed by atoms with Crippen LogP contribution >= 0.6 is 0 Å². The first-order valence-electron chi connectivity index (χ1n) is 10.2. The van der Waals surface area contributed by atoms with Crippen molar-refractivity contribution in [2.45, 2.75) is 18.9 Å². The Morgan fingerprint density at radius 3 is 2.71 bits per heavy atom. The van der Waals surface area contributed by atoms with Crippen molar-refractivity contribution >= 4 is 17.7 Å². The predicted molar refractivity (Wildman–Crippen MR) is 110 cm³/mol. The van der Waals surface area contributed by atoms with E-state index in [0.29, 0.717) is 17.7 Å². The molecule has 2 aliphatic rings. The third kappa shape index (κ3) is 4.29. The molecule has 4 rings (SSSR count). The second-order valence-electron chi connectivity index (χ2n) is 7.62. The van der Waals surface area contributed by atoms with E-state index in [1.165, 1.54) is 40.1 Å². The summed E-state index contributed by atoms with van der Waals surface area (Å²) in [5.74, 6) is -1.43. The van der Waals surface area contributed by atoms with Gasteiger partial charge in [-0.2, -0.15) is 0 Å². The van der Waals surface area contributed by atoms with Crippen LogP contribution in [-0.4, -0.2) is 67.0 Å². The lowest BCUT2D eigenvalue weighted by molar-refractivity contribution is 0.0475. The molecule has 2 aromatic carbocycles. The first kappa shape index (κ1) is 21.0. The summed E-state index contributed by atoms with van der Waals surface area (Å²) >= 11 is 0. The van der Waals surface area contributed by atoms with Gasteiger partial charge in [-0.25, -0.2) is 4.39 Å². The number of rotatable bonds is 7. The van der Waals surface area contributed by atoms with Crippen LogP contribution in [0.2, 0.25) is 0 Å². The van der Waals surface area contributed by atoms with E-state index >= 15 is 0 Å². The van der Waals surface area contributed by atoms with Gasteiger partial charge in [0.1, 0.15) is 6.61 Å². The number of ether oxygens (including phenoxy) is 2. The SMILES string of the molecule is CN(CCOc1ccccc1F)C(=O)c1ccc2c(c1)C(=O)N(CC1CCCO1)C2=O. The Balaban J connectivity index is 1.40. The highest BCUT2D eigenvalue weighted by Gasteiger charge is 2.38. The Labute approximate surface area is 179 Å². The van der Waals surface area contributed by atoms with Gasteiger partial charge >= 0.3 is 0 Å². The van der Waals surface area contributed by atoms with E-state index in [9.17, 15) is 18.8 Å². The van der Waals surface area contributed by atoms with E-state index in [1.807, 2.05) is 0 Å². The Morgan fingerprint density at radius 1 is 1.19 bits per heavy atom. The van der Waals surface area contributed by atoms with Crippen molar-refractivity contribution in [2.75, 3.05) is 33.4 Å². The minimum absolute atomic E-state index is 0.112. The van der Waals surface area contributed by atoms with Crippen LogP contribution in [0.5, 0.6) is 5.75 Å². The zero-order valence-electron chi connectivity index (χ0n) is 17.2. The first-order valence-corrected chi connectivity index (χ1v) is 10.2. The largest absolute Gasteiger partial charge is 0.489 e. The molecule has 1 saturated heterocycles. The molecule has 2 heterocycles. The quantitative estimate of drug-likeness (QED) is 0.637. The second-order valence-corrected chi connectivity index (χ2v) is 7.62. The van der Waals surface area contributed by atoms with Crippen molar-refractivity contribution in [3.63, 3.8) is 0 Å². The third-order valence-corrected chi connectivity index (χ3v) is 5.50. The van der Waals surface area contributed by atoms with Crippen LogP contribution < -0.4 is 4.74 Å². The number of hydrogen-bond donors (Lipinski definition) is 0. The van der Waals surface area contributed by atoms with Crippen LogP contribution in [0.1, 0.15) is 43.9 Å². The molecule has 0 bridgehead atoms. The molecule has 162 valence electrons. The number of halogens is 1. The van der Waals surface area contributed by atoms with Crippen LogP contribution in [0, 0.1) is 5.82 Å². The molecule has 1 unspecified atom stereocenters. The van der Waals surface area contributed by atoms with Gasteiger partial charge in [-0.3, -0.25) is 19.3 Å². The fourth-order valence-electron chi connectivity index (χ4n) is 3.76. The van der Waals surface area contributed by atoms with Crippen molar-refractivity contribution in [3.8, 4) is 5.75 Å². The van der Waals surface area contributed by atoms with Crippen LogP contribution in [0.25, 0.3) is 0 Å². The van der Waals surface area contributed by atoms with Gasteiger partial charge in [0.2, 0.25) is 0 Å². The number of hydrogen-bond acceptors (Lipinski definition) is 5. The minimum Gasteiger partial charge on any atom is -0.489 e. The Bertz CT molecular complexity index is 1020. The summed E-state index contributed by atoms with van der Waals surface area (Å²) in [5.41, 5.74) is 0.821. The Hall–Kier alpha value is -3.26. The highest BCUT2D eigenvalue weighted by Crippen LogP contribution is 2.26. The first-order chi connectivity index (χ1) is 15.0. The minimum atomic E-state index is -0.467. The van der Waals surface area contributed by atoms with E-state index in [-0.39, 0.29) is 48.9 Å². The summed E-state index contributed by atoms with van der Waals surface area (Å²) in [6, 6.07) is 10.6. The summed E-state index contributed by atoms with van der Waals surface area (Å²) in [6.07, 6.45) is 1.60. The van der Waals surface area contributed by atoms with E-state index in [4.69, 9.17) is 9.47 Å². The molecule has 1 fully saturated rings. The average molecular weight is 426 g/mol. The number of benzene rings is 2. The number of para-hydroxylation sites is 1. The van der Waals surface area contributed by atoms with Crippen molar-refractivity contribution in [2.24, 2.45) is 0 Å². The number of fused-ring (bicyclic) bond motifs is 1. The van der Waals surface area contributed by atoms with Crippen molar-refractivity contribution in [1.29, 1.82) is 0 Å². The molecule has 8 heteroatoms. The van der Waals surface area contributed by atoms with Crippen LogP contribution in [0.3, 0.4) is 0 Å². The number of carbonyl (C=O) groups excluding carboxylic acids is 3. The maximum absolute atomic E-state index is 13.6. The maximum atomic E-state index is 13.6. The summed E-state index contributed by atoms with van der Waals surface area (Å²) in [5, 5.41) is 0. The summed E-state index contributed by atoms with van der Waals surface area (Å²) < 4.78 is 24.5. The predicted octanol–water partition coefficient (Wildman–Crippen LogP) is 2.75. The normalized spacial score (nSPS) is 17.7. The molecule has 0 spiro atoms. The monoisotopic (exact) mass is 426 g/mol. The van der Waals surface area contributed by atoms with Crippen LogP contribution in [-0.2, 0) is 4.74 Å². The Kier molecular flexibility index (Phi) is 5.99. The summed E-state index contributed by atoms with van der Waals surface area (Å²) in [6.45, 7) is 1.20. The van der Waals surface area contributed by atoms with Gasteiger partial charge in [0, 0.05) is 19.2 Å². The highest BCUT2D eigenvalue weighted by atomic mass is 19.1. The van der Waals surface area contributed by atoms with Crippen LogP contribution in [0.4, 0.5) is 4.39 Å². The van der Waals surface area contributed by atoms with E-state index in [2.05, 4.69) is 0 Å². The zero-order valence-corrected chi connectivity index (χ0v) is 17.2. The number of nitrogens with zero attached hydrogens (tertiary/aromatic N) is 2. The lowest BCUT2D eigenvalue weighted by Crippen LogP contribution is -2.36. The molecule has 31 heavy (non-hydrogen) atoms. The Morgan fingerprint density at radius 2 is 1.97 bits per heavy atom. The standard InChI is InChI=1S/C23H23FN2O5/c1-25(10-12-31-20-7-3-2-6-19(20)24)21(27)15-8-9-17-18(13-15)23(29)26(22(17)28)14-16-5-4-11-30-16/h2-3,6-9,13,16H,4-5,10-12,14H2,1H3. The van der Waals surface area contributed by atoms with Crippen molar-refractivity contribution < 1.29 is 28.2 Å². The third-order valence-electron chi connectivity index (χ3n) is 5.50. The van der Waals surface area contributed by atoms with Gasteiger partial charge in [-0.1, -0.05) is 12.1 Å². The van der Waals surface area contributed by atoms with E-state index < -0.39 is 11.7 Å². The zero-order chi connectivity index (χ0) is 22.0. The number of likely N-dealkylation sites (N-methyl/N-ethyl adjacent to an activating group) is 1. The fraction of sp³-hybridized carbons (Fsp3) is 0.348.